The number of hydrogen-bond donors (Lipinski definition) is 0. The highest BCUT2D eigenvalue weighted by Crippen LogP contribution is 2.34. The zero-order chi connectivity index (χ0) is 10.3. The number of fused-ring (bicyclic) bond motifs is 1. The molecule has 0 amide bonds. The van der Waals surface area contributed by atoms with E-state index in [4.69, 9.17) is 16.9 Å². The minimum Gasteiger partial charge on any atom is -0.279 e. The molecule has 0 N–H and O–H groups in total. The molecule has 0 spiro atoms. The first kappa shape index (κ1) is 9.85. The second kappa shape index (κ2) is 3.16. The normalized spacial score (nSPS) is 18.6. The third-order valence-electron chi connectivity index (χ3n) is 2.79. The SMILES string of the molecule is Cc1cc2c(cc1Cl)[N]C(C)(C)CC2. The van der Waals surface area contributed by atoms with E-state index in [0.717, 1.165) is 29.1 Å². The first-order valence-electron chi connectivity index (χ1n) is 5.00. The molecule has 2 rings (SSSR count). The molecule has 0 bridgehead atoms. The van der Waals surface area contributed by atoms with Gasteiger partial charge in [-0.15, -0.1) is 0 Å². The summed E-state index contributed by atoms with van der Waals surface area (Å²) in [4.78, 5) is 0. The molecule has 1 aromatic rings. The Morgan fingerprint density at radius 1 is 1.36 bits per heavy atom. The van der Waals surface area contributed by atoms with Gasteiger partial charge in [0.05, 0.1) is 11.2 Å². The first-order valence-corrected chi connectivity index (χ1v) is 5.38. The Morgan fingerprint density at radius 2 is 2.07 bits per heavy atom. The lowest BCUT2D eigenvalue weighted by Crippen LogP contribution is -2.34. The topological polar surface area (TPSA) is 14.1 Å². The van der Waals surface area contributed by atoms with Crippen LogP contribution in [0, 0.1) is 6.92 Å². The maximum absolute atomic E-state index is 6.08. The fraction of sp³-hybridized carbons (Fsp3) is 0.500. The summed E-state index contributed by atoms with van der Waals surface area (Å²) >= 11 is 6.08. The third kappa shape index (κ3) is 1.74. The van der Waals surface area contributed by atoms with Crippen molar-refractivity contribution in [2.75, 3.05) is 0 Å². The maximum Gasteiger partial charge on any atom is 0.0627 e. The van der Waals surface area contributed by atoms with Crippen LogP contribution in [-0.2, 0) is 6.42 Å². The van der Waals surface area contributed by atoms with E-state index in [0.29, 0.717) is 0 Å². The van der Waals surface area contributed by atoms with Crippen LogP contribution in [0.1, 0.15) is 31.4 Å². The minimum atomic E-state index is 0.0750. The van der Waals surface area contributed by atoms with Crippen LogP contribution in [0.3, 0.4) is 0 Å². The van der Waals surface area contributed by atoms with E-state index < -0.39 is 0 Å². The van der Waals surface area contributed by atoms with E-state index in [9.17, 15) is 0 Å². The molecule has 75 valence electrons. The lowest BCUT2D eigenvalue weighted by molar-refractivity contribution is 0.388. The number of benzene rings is 1. The Kier molecular flexibility index (Phi) is 2.23. The second-order valence-corrected chi connectivity index (χ2v) is 5.06. The first-order chi connectivity index (χ1) is 6.48. The Bertz CT molecular complexity index is 369. The molecule has 0 saturated carbocycles. The van der Waals surface area contributed by atoms with E-state index in [1.807, 2.05) is 13.0 Å². The Hall–Kier alpha value is -0.690. The molecule has 14 heavy (non-hydrogen) atoms. The zero-order valence-corrected chi connectivity index (χ0v) is 9.65. The van der Waals surface area contributed by atoms with Gasteiger partial charge in [-0.05, 0) is 50.8 Å². The highest BCUT2D eigenvalue weighted by Gasteiger charge is 2.26. The smallest absolute Gasteiger partial charge is 0.0627 e. The van der Waals surface area contributed by atoms with Crippen molar-refractivity contribution in [3.8, 4) is 0 Å². The molecule has 1 radical (unpaired) electrons. The van der Waals surface area contributed by atoms with E-state index in [1.165, 1.54) is 5.56 Å². The minimum absolute atomic E-state index is 0.0750. The fourth-order valence-electron chi connectivity index (χ4n) is 1.86. The van der Waals surface area contributed by atoms with Crippen molar-refractivity contribution >= 4 is 17.3 Å². The van der Waals surface area contributed by atoms with Crippen LogP contribution in [0.5, 0.6) is 0 Å². The average molecular weight is 209 g/mol. The van der Waals surface area contributed by atoms with Gasteiger partial charge in [0.2, 0.25) is 0 Å². The molecule has 0 aliphatic carbocycles. The highest BCUT2D eigenvalue weighted by molar-refractivity contribution is 6.31. The van der Waals surface area contributed by atoms with Gasteiger partial charge in [-0.25, -0.2) is 0 Å². The molecule has 0 aromatic heterocycles. The fourth-order valence-corrected chi connectivity index (χ4v) is 2.02. The summed E-state index contributed by atoms with van der Waals surface area (Å²) in [7, 11) is 0. The molecule has 1 aliphatic heterocycles. The summed E-state index contributed by atoms with van der Waals surface area (Å²) < 4.78 is 0. The van der Waals surface area contributed by atoms with Gasteiger partial charge in [-0.1, -0.05) is 17.7 Å². The highest BCUT2D eigenvalue weighted by atomic mass is 35.5. The predicted molar refractivity (Wildman–Crippen MR) is 60.4 cm³/mol. The van der Waals surface area contributed by atoms with Gasteiger partial charge < -0.3 is 0 Å². The van der Waals surface area contributed by atoms with Crippen LogP contribution in [-0.4, -0.2) is 5.54 Å². The van der Waals surface area contributed by atoms with Crippen molar-refractivity contribution < 1.29 is 0 Å². The summed E-state index contributed by atoms with van der Waals surface area (Å²) in [6.07, 6.45) is 2.24. The summed E-state index contributed by atoms with van der Waals surface area (Å²) in [6.45, 7) is 6.38. The van der Waals surface area contributed by atoms with Gasteiger partial charge >= 0.3 is 0 Å². The van der Waals surface area contributed by atoms with Crippen LogP contribution in [0.25, 0.3) is 0 Å². The monoisotopic (exact) mass is 208 g/mol. The van der Waals surface area contributed by atoms with Crippen LogP contribution in [0.15, 0.2) is 12.1 Å². The molecule has 1 aliphatic rings. The second-order valence-electron chi connectivity index (χ2n) is 4.65. The van der Waals surface area contributed by atoms with Gasteiger partial charge in [-0.2, -0.15) is 0 Å². The molecule has 0 unspecified atom stereocenters. The van der Waals surface area contributed by atoms with Crippen molar-refractivity contribution in [2.45, 2.75) is 39.2 Å². The Labute approximate surface area is 90.5 Å². The summed E-state index contributed by atoms with van der Waals surface area (Å²) in [5.41, 5.74) is 3.65. The van der Waals surface area contributed by atoms with Crippen LogP contribution < -0.4 is 5.32 Å². The van der Waals surface area contributed by atoms with Crippen molar-refractivity contribution in [2.24, 2.45) is 0 Å². The van der Waals surface area contributed by atoms with Crippen molar-refractivity contribution in [1.29, 1.82) is 0 Å². The van der Waals surface area contributed by atoms with Crippen LogP contribution in [0.4, 0.5) is 5.69 Å². The Balaban J connectivity index is 2.43. The van der Waals surface area contributed by atoms with Crippen molar-refractivity contribution in [3.63, 3.8) is 0 Å². The third-order valence-corrected chi connectivity index (χ3v) is 3.20. The molecule has 0 saturated heterocycles. The van der Waals surface area contributed by atoms with Crippen LogP contribution in [0.2, 0.25) is 5.02 Å². The molecule has 0 fully saturated rings. The Morgan fingerprint density at radius 3 is 2.79 bits per heavy atom. The summed E-state index contributed by atoms with van der Waals surface area (Å²) in [5.74, 6) is 0. The van der Waals surface area contributed by atoms with Gasteiger partial charge in [0.25, 0.3) is 0 Å². The van der Waals surface area contributed by atoms with E-state index in [1.54, 1.807) is 0 Å². The number of aryl methyl sites for hydroxylation is 2. The molecular formula is C12H15ClN. The largest absolute Gasteiger partial charge is 0.279 e. The summed E-state index contributed by atoms with van der Waals surface area (Å²) in [5, 5.41) is 5.52. The van der Waals surface area contributed by atoms with E-state index in [-0.39, 0.29) is 5.54 Å². The van der Waals surface area contributed by atoms with Crippen LogP contribution >= 0.6 is 11.6 Å². The van der Waals surface area contributed by atoms with E-state index in [2.05, 4.69) is 19.9 Å². The molecule has 1 heterocycles. The molecular weight excluding hydrogens is 194 g/mol. The molecule has 1 aromatic carbocycles. The standard InChI is InChI=1S/C12H15ClN/c1-8-6-9-4-5-12(2,3)14-11(9)7-10(8)13/h6-7H,4-5H2,1-3H3. The lowest BCUT2D eigenvalue weighted by Gasteiger charge is -2.31. The van der Waals surface area contributed by atoms with Crippen molar-refractivity contribution in [1.82, 2.24) is 5.32 Å². The number of rotatable bonds is 0. The molecule has 2 heteroatoms. The number of hydrogen-bond acceptors (Lipinski definition) is 0. The predicted octanol–water partition coefficient (Wildman–Crippen LogP) is 3.61. The maximum atomic E-state index is 6.08. The number of halogens is 1. The quantitative estimate of drug-likeness (QED) is 0.619. The molecule has 0 atom stereocenters. The van der Waals surface area contributed by atoms with Crippen molar-refractivity contribution in [3.05, 3.63) is 28.3 Å². The lowest BCUT2D eigenvalue weighted by atomic mass is 9.89. The average Bonchev–Trinajstić information content (AvgIpc) is 2.07. The van der Waals surface area contributed by atoms with Gasteiger partial charge in [0.15, 0.2) is 0 Å². The summed E-state index contributed by atoms with van der Waals surface area (Å²) in [6, 6.07) is 4.16. The van der Waals surface area contributed by atoms with E-state index >= 15 is 0 Å². The van der Waals surface area contributed by atoms with Gasteiger partial charge in [-0.3, -0.25) is 5.32 Å². The van der Waals surface area contributed by atoms with Gasteiger partial charge in [0.1, 0.15) is 0 Å². The zero-order valence-electron chi connectivity index (χ0n) is 8.89. The molecule has 1 nitrogen and oxygen atoms in total. The van der Waals surface area contributed by atoms with Gasteiger partial charge in [0, 0.05) is 5.02 Å². The number of nitrogens with zero attached hydrogens (tertiary/aromatic N) is 1.